The summed E-state index contributed by atoms with van der Waals surface area (Å²) >= 11 is 0. The molecular weight excluding hydrogens is 527 g/mol. The van der Waals surface area contributed by atoms with E-state index < -0.39 is 23.8 Å². The number of anilines is 2. The third-order valence-electron chi connectivity index (χ3n) is 8.33. The number of carbonyl (C=O) groups excluding carboxylic acids is 1. The van der Waals surface area contributed by atoms with Crippen molar-refractivity contribution in [3.8, 4) is 0 Å². The molecule has 0 radical (unpaired) electrons. The van der Waals surface area contributed by atoms with Crippen molar-refractivity contribution in [2.45, 2.75) is 63.6 Å². The van der Waals surface area contributed by atoms with Gasteiger partial charge in [-0.15, -0.1) is 0 Å². The topological polar surface area (TPSA) is 123 Å². The molecule has 3 aliphatic rings. The van der Waals surface area contributed by atoms with E-state index in [0.717, 1.165) is 37.9 Å². The zero-order valence-electron chi connectivity index (χ0n) is 23.2. The number of aliphatic imine (C=N–C) groups is 1. The summed E-state index contributed by atoms with van der Waals surface area (Å²) in [6.45, 7) is 2.85. The van der Waals surface area contributed by atoms with E-state index in [4.69, 9.17) is 5.11 Å². The molecule has 0 spiro atoms. The Bertz CT molecular complexity index is 1410. The zero-order valence-corrected chi connectivity index (χ0v) is 23.2. The fraction of sp³-hybridized carbons (Fsp3) is 0.419. The minimum atomic E-state index is -1.24. The highest BCUT2D eigenvalue weighted by atomic mass is 19.1. The number of hydrogen-bond donors (Lipinski definition) is 3. The third kappa shape index (κ3) is 6.11. The Balaban J connectivity index is 1.42. The highest BCUT2D eigenvalue weighted by Gasteiger charge is 2.41. The van der Waals surface area contributed by atoms with Crippen LogP contribution in [0.3, 0.4) is 0 Å². The van der Waals surface area contributed by atoms with Gasteiger partial charge in [-0.3, -0.25) is 9.59 Å². The Morgan fingerprint density at radius 1 is 1.15 bits per heavy atom. The lowest BCUT2D eigenvalue weighted by Crippen LogP contribution is -2.49. The molecule has 3 unspecified atom stereocenters. The molecule has 0 amide bonds. The quantitative estimate of drug-likeness (QED) is 0.404. The number of likely N-dealkylation sites (N-methyl/N-ethyl adjacent to an activating group) is 1. The molecule has 41 heavy (non-hydrogen) atoms. The zero-order chi connectivity index (χ0) is 29.3. The highest BCUT2D eigenvalue weighted by molar-refractivity contribution is 5.90. The van der Waals surface area contributed by atoms with E-state index >= 15 is 4.39 Å². The molecule has 3 N–H and O–H groups in total. The van der Waals surface area contributed by atoms with Gasteiger partial charge >= 0.3 is 11.9 Å². The lowest BCUT2D eigenvalue weighted by molar-refractivity contribution is -0.138. The third-order valence-corrected chi connectivity index (χ3v) is 8.33. The second-order valence-corrected chi connectivity index (χ2v) is 11.3. The van der Waals surface area contributed by atoms with Crippen LogP contribution in [0.1, 0.15) is 56.2 Å². The van der Waals surface area contributed by atoms with E-state index in [1.165, 1.54) is 29.8 Å². The normalized spacial score (nSPS) is 22.9. The van der Waals surface area contributed by atoms with E-state index in [1.54, 1.807) is 18.2 Å². The SMILES string of the molecule is CC1CCC(=O)C1N(c1ccc(N[C@H](C(=O)O)c2ccc(CC(=O)O)cc2)c(F)c1)C1CCC2=C(C1)CN(C)C=N2. The first-order valence-corrected chi connectivity index (χ1v) is 14.0. The van der Waals surface area contributed by atoms with Gasteiger partial charge in [-0.2, -0.15) is 0 Å². The molecule has 4 atom stereocenters. The predicted octanol–water partition coefficient (Wildman–Crippen LogP) is 4.64. The Labute approximate surface area is 238 Å². The van der Waals surface area contributed by atoms with Gasteiger partial charge in [-0.25, -0.2) is 14.2 Å². The average Bonchev–Trinajstić information content (AvgIpc) is 3.25. The molecule has 1 fully saturated rings. The lowest BCUT2D eigenvalue weighted by Gasteiger charge is -2.43. The molecule has 0 aromatic heterocycles. The van der Waals surface area contributed by atoms with Gasteiger partial charge in [-0.1, -0.05) is 31.2 Å². The lowest BCUT2D eigenvalue weighted by atomic mass is 9.87. The number of nitrogens with one attached hydrogen (secondary N) is 1. The van der Waals surface area contributed by atoms with E-state index in [1.807, 2.05) is 18.3 Å². The van der Waals surface area contributed by atoms with E-state index in [-0.39, 0.29) is 35.9 Å². The monoisotopic (exact) mass is 562 g/mol. The maximum atomic E-state index is 15.7. The maximum Gasteiger partial charge on any atom is 0.330 e. The van der Waals surface area contributed by atoms with Crippen LogP contribution >= 0.6 is 0 Å². The Morgan fingerprint density at radius 3 is 2.54 bits per heavy atom. The number of carboxylic acid groups (broad SMARTS) is 2. The number of carbonyl (C=O) groups is 3. The van der Waals surface area contributed by atoms with Crippen LogP contribution in [0.5, 0.6) is 0 Å². The fourth-order valence-corrected chi connectivity index (χ4v) is 6.29. The number of Topliss-reactive ketones (excluding diaryl/α,β-unsaturated/α-hetero) is 1. The van der Waals surface area contributed by atoms with Gasteiger partial charge in [-0.05, 0) is 66.5 Å². The first-order valence-electron chi connectivity index (χ1n) is 14.0. The van der Waals surface area contributed by atoms with Gasteiger partial charge in [0.05, 0.1) is 24.5 Å². The molecule has 1 heterocycles. The largest absolute Gasteiger partial charge is 0.481 e. The summed E-state index contributed by atoms with van der Waals surface area (Å²) in [5.74, 6) is -2.50. The van der Waals surface area contributed by atoms with Crippen molar-refractivity contribution in [1.29, 1.82) is 0 Å². The van der Waals surface area contributed by atoms with Crippen LogP contribution in [0, 0.1) is 11.7 Å². The summed E-state index contributed by atoms with van der Waals surface area (Å²) in [4.78, 5) is 44.9. The molecule has 1 aliphatic heterocycles. The number of rotatable bonds is 9. The maximum absolute atomic E-state index is 15.7. The molecule has 0 saturated heterocycles. The summed E-state index contributed by atoms with van der Waals surface area (Å²) in [5.41, 5.74) is 3.88. The molecular formula is C31H35FN4O5. The minimum Gasteiger partial charge on any atom is -0.481 e. The summed E-state index contributed by atoms with van der Waals surface area (Å²) < 4.78 is 15.7. The van der Waals surface area contributed by atoms with Crippen molar-refractivity contribution in [1.82, 2.24) is 4.90 Å². The predicted molar refractivity (Wildman–Crippen MR) is 154 cm³/mol. The summed E-state index contributed by atoms with van der Waals surface area (Å²) in [7, 11) is 1.98. The first kappa shape index (κ1) is 28.3. The fourth-order valence-electron chi connectivity index (χ4n) is 6.29. The van der Waals surface area contributed by atoms with E-state index in [9.17, 15) is 19.5 Å². The summed E-state index contributed by atoms with van der Waals surface area (Å²) in [5, 5.41) is 21.7. The van der Waals surface area contributed by atoms with Crippen molar-refractivity contribution < 1.29 is 29.0 Å². The Morgan fingerprint density at radius 2 is 1.90 bits per heavy atom. The molecule has 2 aliphatic carbocycles. The summed E-state index contributed by atoms with van der Waals surface area (Å²) in [6, 6.07) is 9.28. The van der Waals surface area contributed by atoms with Crippen molar-refractivity contribution in [2.24, 2.45) is 10.9 Å². The van der Waals surface area contributed by atoms with Gasteiger partial charge in [0.2, 0.25) is 0 Å². The van der Waals surface area contributed by atoms with Gasteiger partial charge in [0.1, 0.15) is 5.82 Å². The number of benzene rings is 2. The van der Waals surface area contributed by atoms with Gasteiger partial charge in [0.15, 0.2) is 11.8 Å². The van der Waals surface area contributed by atoms with Gasteiger partial charge < -0.3 is 25.3 Å². The van der Waals surface area contributed by atoms with Crippen LogP contribution in [0.15, 0.2) is 58.7 Å². The van der Waals surface area contributed by atoms with E-state index in [2.05, 4.69) is 22.1 Å². The molecule has 0 bridgehead atoms. The standard InChI is InChI=1S/C31H35FN4O5/c1-18-3-12-27(37)30(18)36(22-8-10-25-21(14-22)16-35(2)17-33-25)23-9-11-26(24(32)15-23)34-29(31(40)41)20-6-4-19(5-7-20)13-28(38)39/h4-7,9,11,15,17-18,22,29-30,34H,3,8,10,12-14,16H2,1-2H3,(H,38,39)(H,40,41)/t18?,22?,29-,30?/m0/s1. The molecule has 9 nitrogen and oxygen atoms in total. The van der Waals surface area contributed by atoms with Gasteiger partial charge in [0.25, 0.3) is 0 Å². The minimum absolute atomic E-state index is 0.0132. The van der Waals surface area contributed by atoms with Crippen LogP contribution in [0.4, 0.5) is 15.8 Å². The molecule has 5 rings (SSSR count). The highest BCUT2D eigenvalue weighted by Crippen LogP contribution is 2.39. The van der Waals surface area contributed by atoms with Crippen LogP contribution < -0.4 is 10.2 Å². The van der Waals surface area contributed by atoms with Crippen molar-refractivity contribution in [3.63, 3.8) is 0 Å². The number of nitrogens with zero attached hydrogens (tertiary/aromatic N) is 3. The van der Waals surface area contributed by atoms with Gasteiger partial charge in [0, 0.05) is 37.4 Å². The van der Waals surface area contributed by atoms with Crippen molar-refractivity contribution in [3.05, 3.63) is 70.7 Å². The number of hydrogen-bond acceptors (Lipinski definition) is 7. The summed E-state index contributed by atoms with van der Waals surface area (Å²) in [6.07, 6.45) is 5.30. The second-order valence-electron chi connectivity index (χ2n) is 11.3. The number of allylic oxidation sites excluding steroid dienone is 1. The van der Waals surface area contributed by atoms with E-state index in [0.29, 0.717) is 23.2 Å². The van der Waals surface area contributed by atoms with Crippen LogP contribution in [0.2, 0.25) is 0 Å². The molecule has 10 heteroatoms. The van der Waals surface area contributed by atoms with Crippen molar-refractivity contribution in [2.75, 3.05) is 23.8 Å². The van der Waals surface area contributed by atoms with Crippen LogP contribution in [-0.2, 0) is 20.8 Å². The van der Waals surface area contributed by atoms with Crippen molar-refractivity contribution >= 4 is 35.4 Å². The molecule has 2 aromatic rings. The Hall–Kier alpha value is -4.21. The molecule has 216 valence electrons. The van der Waals surface area contributed by atoms with Crippen LogP contribution in [0.25, 0.3) is 0 Å². The Kier molecular flexibility index (Phi) is 8.10. The average molecular weight is 563 g/mol. The van der Waals surface area contributed by atoms with Crippen LogP contribution in [-0.4, -0.2) is 64.8 Å². The number of ketones is 1. The number of carboxylic acids is 2. The number of halogens is 1. The molecule has 2 aromatic carbocycles. The number of aliphatic carboxylic acids is 2. The first-order chi connectivity index (χ1) is 19.6. The second kappa shape index (κ2) is 11.7. The molecule has 1 saturated carbocycles. The smallest absolute Gasteiger partial charge is 0.330 e.